The predicted molar refractivity (Wildman–Crippen MR) is 125 cm³/mol. The van der Waals surface area contributed by atoms with Crippen molar-refractivity contribution in [1.29, 1.82) is 0 Å². The van der Waals surface area contributed by atoms with Gasteiger partial charge in [-0.05, 0) is 43.2 Å². The summed E-state index contributed by atoms with van der Waals surface area (Å²) in [5.74, 6) is -0.302. The number of carbonyl (C=O) groups is 2. The van der Waals surface area contributed by atoms with Crippen molar-refractivity contribution in [2.45, 2.75) is 26.3 Å². The van der Waals surface area contributed by atoms with Crippen LogP contribution in [0.4, 0.5) is 11.4 Å². The first-order valence-electron chi connectivity index (χ1n) is 10.9. The fourth-order valence-electron chi connectivity index (χ4n) is 4.24. The third-order valence-corrected chi connectivity index (χ3v) is 7.12. The molecule has 2 aromatic heterocycles. The number of fused-ring (bicyclic) bond motifs is 2. The van der Waals surface area contributed by atoms with Crippen molar-refractivity contribution < 1.29 is 19.1 Å². The lowest BCUT2D eigenvalue weighted by Gasteiger charge is -2.28. The minimum absolute atomic E-state index is 0.112. The molecule has 3 aromatic rings. The Hall–Kier alpha value is -3.24. The molecule has 10 heteroatoms. The molecular formula is C23H24N4O5S. The summed E-state index contributed by atoms with van der Waals surface area (Å²) in [4.78, 5) is 45.3. The Morgan fingerprint density at radius 2 is 1.94 bits per heavy atom. The number of morpholine rings is 1. The molecule has 2 aliphatic heterocycles. The number of thiophene rings is 1. The van der Waals surface area contributed by atoms with E-state index in [4.69, 9.17) is 9.47 Å². The van der Waals surface area contributed by atoms with Crippen LogP contribution in [-0.2, 0) is 27.2 Å². The van der Waals surface area contributed by atoms with Crippen LogP contribution in [0.25, 0.3) is 10.2 Å². The molecule has 1 N–H and O–H groups in total. The van der Waals surface area contributed by atoms with E-state index in [1.54, 1.807) is 11.5 Å². The maximum Gasteiger partial charge on any atom is 0.349 e. The Bertz CT molecular complexity index is 1270. The maximum absolute atomic E-state index is 12.8. The van der Waals surface area contributed by atoms with E-state index < -0.39 is 18.5 Å². The number of rotatable bonds is 5. The molecule has 2 aliphatic rings. The Labute approximate surface area is 193 Å². The van der Waals surface area contributed by atoms with Gasteiger partial charge in [0.2, 0.25) is 0 Å². The minimum Gasteiger partial charge on any atom is -0.451 e. The summed E-state index contributed by atoms with van der Waals surface area (Å²) in [6.07, 6.45) is 1.66. The summed E-state index contributed by atoms with van der Waals surface area (Å²) in [6, 6.07) is 7.52. The van der Waals surface area contributed by atoms with Gasteiger partial charge in [0.15, 0.2) is 6.61 Å². The van der Waals surface area contributed by atoms with Gasteiger partial charge in [-0.15, -0.1) is 11.3 Å². The zero-order valence-corrected chi connectivity index (χ0v) is 19.1. The SMILES string of the molecule is Cc1c(C(=O)OCC(=O)Nc2ccc(N3CCOCC3)cc2)sc2nc3n(c(=O)c12)CCC3. The van der Waals surface area contributed by atoms with Crippen LogP contribution in [0.5, 0.6) is 0 Å². The van der Waals surface area contributed by atoms with Gasteiger partial charge in [-0.3, -0.25) is 14.2 Å². The Kier molecular flexibility index (Phi) is 5.86. The standard InChI is InChI=1S/C23H24N4O5S/c1-14-19-21(25-17-3-2-8-27(17)22(19)29)33-20(14)23(30)32-13-18(28)24-15-4-6-16(7-5-15)26-9-11-31-12-10-26/h4-7H,2-3,8-13H2,1H3,(H,24,28). The number of anilines is 2. The molecule has 0 bridgehead atoms. The van der Waals surface area contributed by atoms with Crippen LogP contribution in [-0.4, -0.2) is 54.3 Å². The van der Waals surface area contributed by atoms with E-state index in [0.717, 1.165) is 48.8 Å². The minimum atomic E-state index is -0.627. The molecule has 0 spiro atoms. The van der Waals surface area contributed by atoms with Crippen LogP contribution in [0.15, 0.2) is 29.1 Å². The van der Waals surface area contributed by atoms with E-state index in [-0.39, 0.29) is 5.56 Å². The molecule has 1 fully saturated rings. The van der Waals surface area contributed by atoms with Crippen LogP contribution in [0, 0.1) is 6.92 Å². The van der Waals surface area contributed by atoms with Gasteiger partial charge in [-0.2, -0.15) is 0 Å². The number of esters is 1. The topological polar surface area (TPSA) is 103 Å². The monoisotopic (exact) mass is 468 g/mol. The molecule has 0 radical (unpaired) electrons. The molecule has 0 atom stereocenters. The molecule has 1 aromatic carbocycles. The lowest BCUT2D eigenvalue weighted by atomic mass is 10.2. The summed E-state index contributed by atoms with van der Waals surface area (Å²) in [5.41, 5.74) is 2.13. The molecule has 0 aliphatic carbocycles. The van der Waals surface area contributed by atoms with Crippen molar-refractivity contribution in [3.63, 3.8) is 0 Å². The normalized spacial score (nSPS) is 15.5. The predicted octanol–water partition coefficient (Wildman–Crippen LogP) is 2.34. The molecule has 172 valence electrons. The quantitative estimate of drug-likeness (QED) is 0.574. The Balaban J connectivity index is 1.22. The summed E-state index contributed by atoms with van der Waals surface area (Å²) in [5, 5.41) is 3.20. The Morgan fingerprint density at radius 3 is 2.70 bits per heavy atom. The lowest BCUT2D eigenvalue weighted by molar-refractivity contribution is -0.119. The average molecular weight is 469 g/mol. The number of aromatic nitrogens is 2. The fraction of sp³-hybridized carbons (Fsp3) is 0.391. The van der Waals surface area contributed by atoms with Crippen LogP contribution < -0.4 is 15.8 Å². The van der Waals surface area contributed by atoms with E-state index in [9.17, 15) is 14.4 Å². The number of hydrogen-bond acceptors (Lipinski definition) is 8. The highest BCUT2D eigenvalue weighted by atomic mass is 32.1. The zero-order chi connectivity index (χ0) is 22.9. The highest BCUT2D eigenvalue weighted by molar-refractivity contribution is 7.20. The van der Waals surface area contributed by atoms with Crippen LogP contribution in [0.2, 0.25) is 0 Å². The number of nitrogens with zero attached hydrogens (tertiary/aromatic N) is 3. The van der Waals surface area contributed by atoms with E-state index in [1.165, 1.54) is 0 Å². The van der Waals surface area contributed by atoms with E-state index in [1.807, 2.05) is 24.3 Å². The lowest BCUT2D eigenvalue weighted by Crippen LogP contribution is -2.36. The molecule has 1 amide bonds. The highest BCUT2D eigenvalue weighted by Crippen LogP contribution is 2.29. The van der Waals surface area contributed by atoms with Crippen LogP contribution >= 0.6 is 11.3 Å². The molecule has 5 rings (SSSR count). The number of amides is 1. The van der Waals surface area contributed by atoms with Gasteiger partial charge in [0.25, 0.3) is 11.5 Å². The van der Waals surface area contributed by atoms with Crippen molar-refractivity contribution in [3.8, 4) is 0 Å². The van der Waals surface area contributed by atoms with Crippen LogP contribution in [0.1, 0.15) is 27.5 Å². The largest absolute Gasteiger partial charge is 0.451 e. The molecule has 1 saturated heterocycles. The first-order chi connectivity index (χ1) is 16.0. The van der Waals surface area contributed by atoms with Gasteiger partial charge in [0.1, 0.15) is 15.5 Å². The maximum atomic E-state index is 12.8. The van der Waals surface area contributed by atoms with E-state index >= 15 is 0 Å². The second-order valence-electron chi connectivity index (χ2n) is 8.10. The average Bonchev–Trinajstić information content (AvgIpc) is 3.43. The number of aryl methyl sites for hydroxylation is 2. The van der Waals surface area contributed by atoms with Gasteiger partial charge in [-0.25, -0.2) is 9.78 Å². The Morgan fingerprint density at radius 1 is 1.18 bits per heavy atom. The molecule has 0 saturated carbocycles. The number of carbonyl (C=O) groups excluding carboxylic acids is 2. The van der Waals surface area contributed by atoms with Crippen molar-refractivity contribution in [3.05, 3.63) is 50.9 Å². The van der Waals surface area contributed by atoms with Gasteiger partial charge in [0.05, 0.1) is 18.6 Å². The number of ether oxygens (including phenoxy) is 2. The van der Waals surface area contributed by atoms with E-state index in [0.29, 0.717) is 46.1 Å². The van der Waals surface area contributed by atoms with Crippen molar-refractivity contribution in [2.24, 2.45) is 0 Å². The summed E-state index contributed by atoms with van der Waals surface area (Å²) in [6.45, 7) is 5.04. The van der Waals surface area contributed by atoms with Gasteiger partial charge < -0.3 is 19.7 Å². The first-order valence-corrected chi connectivity index (χ1v) is 11.8. The van der Waals surface area contributed by atoms with Crippen molar-refractivity contribution in [2.75, 3.05) is 43.1 Å². The van der Waals surface area contributed by atoms with E-state index in [2.05, 4.69) is 15.2 Å². The molecule has 9 nitrogen and oxygen atoms in total. The smallest absolute Gasteiger partial charge is 0.349 e. The van der Waals surface area contributed by atoms with Crippen molar-refractivity contribution >= 4 is 44.8 Å². The summed E-state index contributed by atoms with van der Waals surface area (Å²) < 4.78 is 12.3. The van der Waals surface area contributed by atoms with Gasteiger partial charge >= 0.3 is 5.97 Å². The first kappa shape index (κ1) is 21.6. The second-order valence-corrected chi connectivity index (χ2v) is 9.09. The van der Waals surface area contributed by atoms with Gasteiger partial charge in [0, 0.05) is 37.4 Å². The number of benzene rings is 1. The number of nitrogens with one attached hydrogen (secondary N) is 1. The molecule has 0 unspecified atom stereocenters. The van der Waals surface area contributed by atoms with Crippen LogP contribution in [0.3, 0.4) is 0 Å². The third-order valence-electron chi connectivity index (χ3n) is 5.96. The second kappa shape index (κ2) is 8.95. The number of hydrogen-bond donors (Lipinski definition) is 1. The zero-order valence-electron chi connectivity index (χ0n) is 18.3. The van der Waals surface area contributed by atoms with Crippen molar-refractivity contribution in [1.82, 2.24) is 9.55 Å². The molecule has 4 heterocycles. The fourth-order valence-corrected chi connectivity index (χ4v) is 5.33. The van der Waals surface area contributed by atoms with Gasteiger partial charge in [-0.1, -0.05) is 0 Å². The summed E-state index contributed by atoms with van der Waals surface area (Å²) in [7, 11) is 0. The molecular weight excluding hydrogens is 444 g/mol. The highest BCUT2D eigenvalue weighted by Gasteiger charge is 2.24. The molecule has 33 heavy (non-hydrogen) atoms. The summed E-state index contributed by atoms with van der Waals surface area (Å²) >= 11 is 1.14. The third kappa shape index (κ3) is 4.23.